The highest BCUT2D eigenvalue weighted by Crippen LogP contribution is 2.26. The van der Waals surface area contributed by atoms with Gasteiger partial charge in [-0.3, -0.25) is 4.79 Å². The van der Waals surface area contributed by atoms with Crippen LogP contribution in [0, 0.1) is 0 Å². The molecule has 1 unspecified atom stereocenters. The summed E-state index contributed by atoms with van der Waals surface area (Å²) in [5.41, 5.74) is 6.59. The average molecular weight is 200 g/mol. The second kappa shape index (κ2) is 3.66. The standard InChI is InChI=1S/C9H10ClNO2/c1-5(9(12)13)7-3-2-6(11)4-8(7)10/h2-5H,11H2,1H3,(H,12,13). The number of nitrogen functional groups attached to an aromatic ring is 1. The van der Waals surface area contributed by atoms with Gasteiger partial charge in [0.25, 0.3) is 0 Å². The number of benzene rings is 1. The fraction of sp³-hybridized carbons (Fsp3) is 0.222. The van der Waals surface area contributed by atoms with Crippen molar-refractivity contribution in [1.82, 2.24) is 0 Å². The van der Waals surface area contributed by atoms with Gasteiger partial charge >= 0.3 is 5.97 Å². The molecule has 0 saturated heterocycles. The van der Waals surface area contributed by atoms with Crippen molar-refractivity contribution >= 4 is 23.3 Å². The molecule has 0 amide bonds. The number of hydrogen-bond acceptors (Lipinski definition) is 2. The molecule has 0 heterocycles. The maximum Gasteiger partial charge on any atom is 0.310 e. The van der Waals surface area contributed by atoms with E-state index in [1.54, 1.807) is 25.1 Å². The smallest absolute Gasteiger partial charge is 0.310 e. The first-order valence-corrected chi connectivity index (χ1v) is 4.18. The predicted octanol–water partition coefficient (Wildman–Crippen LogP) is 2.11. The molecule has 1 atom stereocenters. The summed E-state index contributed by atoms with van der Waals surface area (Å²) < 4.78 is 0. The summed E-state index contributed by atoms with van der Waals surface area (Å²) in [6.45, 7) is 1.58. The lowest BCUT2D eigenvalue weighted by Crippen LogP contribution is -2.08. The van der Waals surface area contributed by atoms with Crippen LogP contribution in [0.2, 0.25) is 5.02 Å². The summed E-state index contributed by atoms with van der Waals surface area (Å²) in [6, 6.07) is 4.83. The molecule has 0 aliphatic carbocycles. The fourth-order valence-corrected chi connectivity index (χ4v) is 1.38. The maximum absolute atomic E-state index is 10.6. The van der Waals surface area contributed by atoms with Gasteiger partial charge in [-0.05, 0) is 24.6 Å². The molecular weight excluding hydrogens is 190 g/mol. The van der Waals surface area contributed by atoms with Crippen LogP contribution in [0.15, 0.2) is 18.2 Å². The van der Waals surface area contributed by atoms with Gasteiger partial charge in [0.2, 0.25) is 0 Å². The number of nitrogens with two attached hydrogens (primary N) is 1. The number of halogens is 1. The van der Waals surface area contributed by atoms with Crippen molar-refractivity contribution in [3.8, 4) is 0 Å². The van der Waals surface area contributed by atoms with Crippen LogP contribution in [0.3, 0.4) is 0 Å². The summed E-state index contributed by atoms with van der Waals surface area (Å²) in [6.07, 6.45) is 0. The molecule has 3 N–H and O–H groups in total. The molecule has 3 nitrogen and oxygen atoms in total. The molecule has 13 heavy (non-hydrogen) atoms. The van der Waals surface area contributed by atoms with E-state index < -0.39 is 11.9 Å². The normalized spacial score (nSPS) is 12.5. The van der Waals surface area contributed by atoms with Gasteiger partial charge in [0.1, 0.15) is 0 Å². The van der Waals surface area contributed by atoms with Crippen LogP contribution in [0.4, 0.5) is 5.69 Å². The Balaban J connectivity index is 3.08. The number of aliphatic carboxylic acids is 1. The van der Waals surface area contributed by atoms with Crippen LogP contribution in [-0.2, 0) is 4.79 Å². The van der Waals surface area contributed by atoms with Crippen molar-refractivity contribution < 1.29 is 9.90 Å². The Bertz CT molecular complexity index is 338. The molecule has 0 aromatic heterocycles. The predicted molar refractivity (Wildman–Crippen MR) is 51.9 cm³/mol. The summed E-state index contributed by atoms with van der Waals surface area (Å²) >= 11 is 5.83. The third-order valence-corrected chi connectivity index (χ3v) is 2.19. The van der Waals surface area contributed by atoms with Crippen LogP contribution >= 0.6 is 11.6 Å². The zero-order valence-electron chi connectivity index (χ0n) is 7.12. The second-order valence-electron chi connectivity index (χ2n) is 2.84. The van der Waals surface area contributed by atoms with E-state index in [9.17, 15) is 4.79 Å². The van der Waals surface area contributed by atoms with Crippen molar-refractivity contribution in [3.05, 3.63) is 28.8 Å². The lowest BCUT2D eigenvalue weighted by Gasteiger charge is -2.08. The maximum atomic E-state index is 10.6. The van der Waals surface area contributed by atoms with Crippen molar-refractivity contribution in [2.24, 2.45) is 0 Å². The third kappa shape index (κ3) is 2.12. The largest absolute Gasteiger partial charge is 0.481 e. The zero-order valence-corrected chi connectivity index (χ0v) is 7.88. The minimum atomic E-state index is -0.897. The van der Waals surface area contributed by atoms with E-state index in [4.69, 9.17) is 22.4 Å². The van der Waals surface area contributed by atoms with E-state index in [0.717, 1.165) is 0 Å². The average Bonchev–Trinajstić information content (AvgIpc) is 2.03. The number of carboxylic acids is 1. The number of rotatable bonds is 2. The van der Waals surface area contributed by atoms with E-state index in [0.29, 0.717) is 16.3 Å². The summed E-state index contributed by atoms with van der Waals surface area (Å²) in [5.74, 6) is -1.50. The lowest BCUT2D eigenvalue weighted by molar-refractivity contribution is -0.138. The van der Waals surface area contributed by atoms with Crippen LogP contribution in [-0.4, -0.2) is 11.1 Å². The quantitative estimate of drug-likeness (QED) is 0.718. The zero-order chi connectivity index (χ0) is 10.0. The highest BCUT2D eigenvalue weighted by atomic mass is 35.5. The lowest BCUT2D eigenvalue weighted by atomic mass is 10.0. The Hall–Kier alpha value is -1.22. The molecule has 0 bridgehead atoms. The van der Waals surface area contributed by atoms with Gasteiger partial charge in [0, 0.05) is 10.7 Å². The molecule has 1 aromatic carbocycles. The monoisotopic (exact) mass is 199 g/mol. The first kappa shape index (κ1) is 9.86. The highest BCUT2D eigenvalue weighted by Gasteiger charge is 2.16. The first-order valence-electron chi connectivity index (χ1n) is 3.80. The van der Waals surface area contributed by atoms with Gasteiger partial charge in [-0.1, -0.05) is 17.7 Å². The molecule has 0 aliphatic rings. The number of carboxylic acid groups (broad SMARTS) is 1. The fourth-order valence-electron chi connectivity index (χ4n) is 1.03. The Morgan fingerprint density at radius 3 is 2.69 bits per heavy atom. The first-order chi connectivity index (χ1) is 6.02. The van der Waals surface area contributed by atoms with Crippen LogP contribution in [0.5, 0.6) is 0 Å². The summed E-state index contributed by atoms with van der Waals surface area (Å²) in [5, 5.41) is 9.14. The summed E-state index contributed by atoms with van der Waals surface area (Å²) in [7, 11) is 0. The van der Waals surface area contributed by atoms with Crippen LogP contribution in [0.25, 0.3) is 0 Å². The van der Waals surface area contributed by atoms with E-state index in [2.05, 4.69) is 0 Å². The third-order valence-electron chi connectivity index (χ3n) is 1.86. The van der Waals surface area contributed by atoms with Crippen LogP contribution < -0.4 is 5.73 Å². The molecule has 0 saturated carbocycles. The Morgan fingerprint density at radius 1 is 1.62 bits per heavy atom. The Labute approximate surface area is 81.1 Å². The van der Waals surface area contributed by atoms with Gasteiger partial charge < -0.3 is 10.8 Å². The summed E-state index contributed by atoms with van der Waals surface area (Å²) in [4.78, 5) is 10.6. The molecule has 0 aliphatic heterocycles. The second-order valence-corrected chi connectivity index (χ2v) is 3.25. The van der Waals surface area contributed by atoms with Gasteiger partial charge in [-0.15, -0.1) is 0 Å². The molecule has 1 aromatic rings. The number of hydrogen-bond donors (Lipinski definition) is 2. The van der Waals surface area contributed by atoms with Gasteiger partial charge in [0.15, 0.2) is 0 Å². The topological polar surface area (TPSA) is 63.3 Å². The van der Waals surface area contributed by atoms with E-state index >= 15 is 0 Å². The minimum Gasteiger partial charge on any atom is -0.481 e. The van der Waals surface area contributed by atoms with Gasteiger partial charge in [-0.2, -0.15) is 0 Å². The van der Waals surface area contributed by atoms with Gasteiger partial charge in [0.05, 0.1) is 5.92 Å². The van der Waals surface area contributed by atoms with E-state index in [1.165, 1.54) is 0 Å². The van der Waals surface area contributed by atoms with Crippen molar-refractivity contribution in [3.63, 3.8) is 0 Å². The van der Waals surface area contributed by atoms with Crippen molar-refractivity contribution in [1.29, 1.82) is 0 Å². The van der Waals surface area contributed by atoms with Crippen molar-refractivity contribution in [2.45, 2.75) is 12.8 Å². The van der Waals surface area contributed by atoms with E-state index in [1.807, 2.05) is 0 Å². The molecular formula is C9H10ClNO2. The van der Waals surface area contributed by atoms with Gasteiger partial charge in [-0.25, -0.2) is 0 Å². The number of carbonyl (C=O) groups is 1. The molecule has 0 radical (unpaired) electrons. The van der Waals surface area contributed by atoms with E-state index in [-0.39, 0.29) is 0 Å². The Kier molecular flexibility index (Phi) is 2.78. The molecule has 70 valence electrons. The molecule has 0 spiro atoms. The highest BCUT2D eigenvalue weighted by molar-refractivity contribution is 6.31. The Morgan fingerprint density at radius 2 is 2.23 bits per heavy atom. The SMILES string of the molecule is CC(C(=O)O)c1ccc(N)cc1Cl. The number of anilines is 1. The minimum absolute atomic E-state index is 0.398. The van der Waals surface area contributed by atoms with Crippen LogP contribution in [0.1, 0.15) is 18.4 Å². The van der Waals surface area contributed by atoms with Crippen molar-refractivity contribution in [2.75, 3.05) is 5.73 Å². The molecule has 1 rings (SSSR count). The molecule has 4 heteroatoms. The molecule has 0 fully saturated rings.